The Morgan fingerprint density at radius 3 is 1.98 bits per heavy atom. The normalized spacial score (nSPS) is 12.5. The first-order valence-corrected chi connectivity index (χ1v) is 22.7. The predicted molar refractivity (Wildman–Crippen MR) is 220 cm³/mol. The molecule has 14 nitrogen and oxygen atoms in total. The van der Waals surface area contributed by atoms with E-state index < -0.39 is 31.7 Å². The predicted octanol–water partition coefficient (Wildman–Crippen LogP) is 7.45. The monoisotopic (exact) mass is 824 g/mol. The van der Waals surface area contributed by atoms with Crippen LogP contribution in [0.15, 0.2) is 59.5 Å². The van der Waals surface area contributed by atoms with Gasteiger partial charge in [-0.25, -0.2) is 26.1 Å². The molecular formula is C41H56N6O8S2. The van der Waals surface area contributed by atoms with Crippen LogP contribution in [0.2, 0.25) is 0 Å². The van der Waals surface area contributed by atoms with E-state index in [4.69, 9.17) is 14.2 Å². The maximum Gasteiger partial charge on any atom is 0.246 e. The maximum atomic E-state index is 14.7. The quantitative estimate of drug-likeness (QED) is 0.0773. The number of hydrogen-bond acceptors (Lipinski definition) is 12. The number of sulfonamides is 1. The lowest BCUT2D eigenvalue weighted by Gasteiger charge is -2.26. The fraction of sp³-hybridized carbons (Fsp3) is 0.512. The lowest BCUT2D eigenvalue weighted by atomic mass is 9.89. The number of ether oxygens (including phenoxy) is 3. The van der Waals surface area contributed by atoms with Crippen LogP contribution >= 0.6 is 0 Å². The highest BCUT2D eigenvalue weighted by atomic mass is 32.2. The molecule has 57 heavy (non-hydrogen) atoms. The molecule has 2 aromatic carbocycles. The lowest BCUT2D eigenvalue weighted by Crippen LogP contribution is -2.38. The van der Waals surface area contributed by atoms with E-state index in [-0.39, 0.29) is 40.2 Å². The van der Waals surface area contributed by atoms with Crippen LogP contribution in [0.4, 0.5) is 5.95 Å². The Hall–Kier alpha value is -4.72. The first kappa shape index (κ1) is 45.0. The SMILES string of the molecule is COc1cccc(-c2nnc(N(CCCCCCCCCCCC(C)(C)C)S(=O)(=O)C[C@H](O)c3ccc(C#N)cc3S(C)(=O)=O)n2-c2c(OC)cccc2OC)n1. The second-order valence-electron chi connectivity index (χ2n) is 15.2. The molecule has 1 N–H and O–H groups in total. The largest absolute Gasteiger partial charge is 0.494 e. The fourth-order valence-electron chi connectivity index (χ4n) is 6.61. The summed E-state index contributed by atoms with van der Waals surface area (Å²) in [6.45, 7) is 6.76. The fourth-order valence-corrected chi connectivity index (χ4v) is 9.11. The van der Waals surface area contributed by atoms with Crippen LogP contribution in [0.25, 0.3) is 17.2 Å². The number of nitriles is 1. The molecule has 0 spiro atoms. The molecule has 1 atom stereocenters. The first-order chi connectivity index (χ1) is 27.0. The number of para-hydroxylation sites is 1. The number of nitrogens with zero attached hydrogens (tertiary/aromatic N) is 6. The maximum absolute atomic E-state index is 14.7. The van der Waals surface area contributed by atoms with Gasteiger partial charge in [-0.2, -0.15) is 5.26 Å². The summed E-state index contributed by atoms with van der Waals surface area (Å²) in [6, 6.07) is 15.8. The number of hydrogen-bond donors (Lipinski definition) is 1. The Morgan fingerprint density at radius 1 is 0.825 bits per heavy atom. The standard InChI is InChI=1S/C41H56N6O8S2/c1-41(2,3)25-15-13-11-9-8-10-12-14-16-26-46(57(51,52)29-33(48)31-24-23-30(28-42)27-36(31)56(7,49)50)40-45-44-39(32-19-17-22-37(43-32)55-6)47(40)38-34(53-4)20-18-21-35(38)54-5/h17-24,27,33,48H,8-16,25-26,29H2,1-7H3/t33-/m0/s1. The molecule has 0 radical (unpaired) electrons. The third-order valence-electron chi connectivity index (χ3n) is 9.55. The number of aromatic nitrogens is 4. The minimum absolute atomic E-state index is 0.0324. The first-order valence-electron chi connectivity index (χ1n) is 19.2. The van der Waals surface area contributed by atoms with E-state index in [0.29, 0.717) is 34.7 Å². The molecular weight excluding hydrogens is 769 g/mol. The number of aliphatic hydroxyl groups is 1. The summed E-state index contributed by atoms with van der Waals surface area (Å²) < 4.78 is 74.3. The molecule has 0 bridgehead atoms. The highest BCUT2D eigenvalue weighted by Gasteiger charge is 2.35. The highest BCUT2D eigenvalue weighted by Crippen LogP contribution is 2.39. The number of anilines is 1. The van der Waals surface area contributed by atoms with Gasteiger partial charge in [0.25, 0.3) is 0 Å². The number of aliphatic hydroxyl groups excluding tert-OH is 1. The molecule has 0 amide bonds. The van der Waals surface area contributed by atoms with Gasteiger partial charge in [0.2, 0.25) is 21.9 Å². The van der Waals surface area contributed by atoms with Crippen LogP contribution in [-0.2, 0) is 19.9 Å². The number of methoxy groups -OCH3 is 3. The molecule has 0 saturated heterocycles. The molecule has 0 unspecified atom stereocenters. The number of benzene rings is 2. The number of sulfone groups is 1. The molecule has 0 fully saturated rings. The topological polar surface area (TPSA) is 187 Å². The van der Waals surface area contributed by atoms with Crippen LogP contribution < -0.4 is 18.5 Å². The Morgan fingerprint density at radius 2 is 1.42 bits per heavy atom. The lowest BCUT2D eigenvalue weighted by molar-refractivity contribution is 0.198. The molecule has 0 aliphatic heterocycles. The number of unbranched alkanes of at least 4 members (excludes halogenated alkanes) is 8. The summed E-state index contributed by atoms with van der Waals surface area (Å²) in [5, 5.41) is 29.8. The second kappa shape index (κ2) is 20.1. The molecule has 0 aliphatic rings. The molecule has 0 aliphatic carbocycles. The van der Waals surface area contributed by atoms with Crippen molar-refractivity contribution >= 4 is 25.8 Å². The van der Waals surface area contributed by atoms with E-state index in [9.17, 15) is 27.2 Å². The molecule has 2 aromatic heterocycles. The van der Waals surface area contributed by atoms with Gasteiger partial charge in [0.05, 0.1) is 49.7 Å². The third kappa shape index (κ3) is 12.1. The van der Waals surface area contributed by atoms with Gasteiger partial charge in [-0.1, -0.05) is 90.3 Å². The van der Waals surface area contributed by atoms with Crippen molar-refractivity contribution in [1.82, 2.24) is 19.7 Å². The van der Waals surface area contributed by atoms with E-state index in [2.05, 4.69) is 36.0 Å². The second-order valence-corrected chi connectivity index (χ2v) is 19.2. The average molecular weight is 825 g/mol. The van der Waals surface area contributed by atoms with Gasteiger partial charge >= 0.3 is 0 Å². The molecule has 4 aromatic rings. The molecule has 0 saturated carbocycles. The van der Waals surface area contributed by atoms with Crippen molar-refractivity contribution in [2.24, 2.45) is 5.41 Å². The molecule has 16 heteroatoms. The summed E-state index contributed by atoms with van der Waals surface area (Å²) in [7, 11) is -4.04. The molecule has 2 heterocycles. The number of pyridine rings is 1. The summed E-state index contributed by atoms with van der Waals surface area (Å²) in [6.07, 6.45) is 9.33. The van der Waals surface area contributed by atoms with E-state index in [1.807, 2.05) is 6.07 Å². The van der Waals surface area contributed by atoms with Crippen molar-refractivity contribution in [2.45, 2.75) is 96.0 Å². The van der Waals surface area contributed by atoms with Crippen LogP contribution in [0.1, 0.15) is 102 Å². The van der Waals surface area contributed by atoms with Crippen LogP contribution in [0.3, 0.4) is 0 Å². The molecule has 310 valence electrons. The van der Waals surface area contributed by atoms with Gasteiger partial charge in [0.15, 0.2) is 15.7 Å². The summed E-state index contributed by atoms with van der Waals surface area (Å²) >= 11 is 0. The van der Waals surface area contributed by atoms with Crippen LogP contribution in [0, 0.1) is 16.7 Å². The Bertz CT molecular complexity index is 2190. The third-order valence-corrected chi connectivity index (χ3v) is 12.5. The van der Waals surface area contributed by atoms with Crippen molar-refractivity contribution in [3.8, 4) is 40.7 Å². The van der Waals surface area contributed by atoms with Gasteiger partial charge < -0.3 is 19.3 Å². The van der Waals surface area contributed by atoms with Crippen LogP contribution in [-0.4, -0.2) is 81.6 Å². The summed E-state index contributed by atoms with van der Waals surface area (Å²) in [5.41, 5.74) is 0.868. The zero-order valence-corrected chi connectivity index (χ0v) is 35.7. The van der Waals surface area contributed by atoms with E-state index in [1.165, 1.54) is 63.7 Å². The van der Waals surface area contributed by atoms with Gasteiger partial charge in [-0.3, -0.25) is 4.57 Å². The Balaban J connectivity index is 1.73. The molecule has 4 rings (SSSR count). The van der Waals surface area contributed by atoms with Crippen LogP contribution in [0.5, 0.6) is 17.4 Å². The van der Waals surface area contributed by atoms with E-state index in [1.54, 1.807) is 36.4 Å². The van der Waals surface area contributed by atoms with Crippen molar-refractivity contribution in [3.05, 3.63) is 65.7 Å². The smallest absolute Gasteiger partial charge is 0.246 e. The van der Waals surface area contributed by atoms with Crippen molar-refractivity contribution in [3.63, 3.8) is 0 Å². The van der Waals surface area contributed by atoms with Gasteiger partial charge in [0, 0.05) is 24.4 Å². The van der Waals surface area contributed by atoms with Gasteiger partial charge in [0.1, 0.15) is 22.9 Å². The Labute approximate surface area is 337 Å². The number of rotatable bonds is 22. The zero-order chi connectivity index (χ0) is 41.8. The minimum atomic E-state index is -4.50. The van der Waals surface area contributed by atoms with Gasteiger partial charge in [-0.05, 0) is 48.6 Å². The zero-order valence-electron chi connectivity index (χ0n) is 34.1. The Kier molecular flexibility index (Phi) is 15.9. The minimum Gasteiger partial charge on any atom is -0.494 e. The summed E-state index contributed by atoms with van der Waals surface area (Å²) in [4.78, 5) is 4.22. The van der Waals surface area contributed by atoms with Crippen molar-refractivity contribution in [2.75, 3.05) is 44.2 Å². The van der Waals surface area contributed by atoms with Crippen molar-refractivity contribution in [1.29, 1.82) is 5.26 Å². The highest BCUT2D eigenvalue weighted by molar-refractivity contribution is 7.92. The van der Waals surface area contributed by atoms with E-state index >= 15 is 0 Å². The summed E-state index contributed by atoms with van der Waals surface area (Å²) in [5.74, 6) is 0.0670. The average Bonchev–Trinajstić information content (AvgIpc) is 3.60. The van der Waals surface area contributed by atoms with Gasteiger partial charge in [-0.15, -0.1) is 10.2 Å². The van der Waals surface area contributed by atoms with E-state index in [0.717, 1.165) is 48.7 Å². The van der Waals surface area contributed by atoms with Crippen molar-refractivity contribution < 1.29 is 36.2 Å².